The molecule has 0 aliphatic carbocycles. The Bertz CT molecular complexity index is 719. The molecule has 20 heavy (non-hydrogen) atoms. The molecule has 108 valence electrons. The van der Waals surface area contributed by atoms with E-state index in [0.717, 1.165) is 18.5 Å². The SMILES string of the molecule is Cc1cc([C@@H]2CCCN2S(=O)(=O)c2cnn(C)c2)on1. The van der Waals surface area contributed by atoms with Gasteiger partial charge in [-0.3, -0.25) is 4.68 Å². The fraction of sp³-hybridized carbons (Fsp3) is 0.500. The van der Waals surface area contributed by atoms with Crippen LogP contribution < -0.4 is 0 Å². The Kier molecular flexibility index (Phi) is 3.14. The molecule has 1 aliphatic heterocycles. The highest BCUT2D eigenvalue weighted by Crippen LogP contribution is 2.36. The van der Waals surface area contributed by atoms with Gasteiger partial charge in [-0.2, -0.15) is 9.40 Å². The molecule has 0 saturated carbocycles. The van der Waals surface area contributed by atoms with E-state index in [4.69, 9.17) is 4.52 Å². The summed E-state index contributed by atoms with van der Waals surface area (Å²) in [5, 5.41) is 7.77. The molecule has 0 aromatic carbocycles. The first-order chi connectivity index (χ1) is 9.48. The van der Waals surface area contributed by atoms with E-state index in [1.807, 2.05) is 6.92 Å². The molecule has 8 heteroatoms. The molecule has 2 aromatic rings. The highest BCUT2D eigenvalue weighted by Gasteiger charge is 2.38. The van der Waals surface area contributed by atoms with E-state index in [1.54, 1.807) is 13.1 Å². The van der Waals surface area contributed by atoms with Gasteiger partial charge in [-0.15, -0.1) is 0 Å². The lowest BCUT2D eigenvalue weighted by Gasteiger charge is -2.21. The number of aromatic nitrogens is 3. The van der Waals surface area contributed by atoms with E-state index >= 15 is 0 Å². The summed E-state index contributed by atoms with van der Waals surface area (Å²) in [7, 11) is -1.85. The second-order valence-corrected chi connectivity index (χ2v) is 6.88. The van der Waals surface area contributed by atoms with Crippen LogP contribution in [-0.2, 0) is 17.1 Å². The fourth-order valence-electron chi connectivity index (χ4n) is 2.52. The van der Waals surface area contributed by atoms with Crippen molar-refractivity contribution >= 4 is 10.0 Å². The van der Waals surface area contributed by atoms with E-state index in [0.29, 0.717) is 12.3 Å². The third kappa shape index (κ3) is 2.14. The predicted octanol–water partition coefficient (Wildman–Crippen LogP) is 1.24. The fourth-order valence-corrected chi connectivity index (χ4v) is 4.17. The van der Waals surface area contributed by atoms with Crippen LogP contribution in [0, 0.1) is 6.92 Å². The van der Waals surface area contributed by atoms with Crippen LogP contribution in [0.25, 0.3) is 0 Å². The van der Waals surface area contributed by atoms with Crippen LogP contribution in [0.1, 0.15) is 30.3 Å². The molecule has 0 amide bonds. The lowest BCUT2D eigenvalue weighted by atomic mass is 10.2. The van der Waals surface area contributed by atoms with Crippen LogP contribution in [-0.4, -0.2) is 34.2 Å². The molecule has 1 saturated heterocycles. The van der Waals surface area contributed by atoms with Gasteiger partial charge >= 0.3 is 0 Å². The summed E-state index contributed by atoms with van der Waals surface area (Å²) in [4.78, 5) is 0.211. The molecule has 0 radical (unpaired) electrons. The largest absolute Gasteiger partial charge is 0.359 e. The summed E-state index contributed by atoms with van der Waals surface area (Å²) in [5.74, 6) is 0.604. The monoisotopic (exact) mass is 296 g/mol. The molecule has 3 rings (SSSR count). The Balaban J connectivity index is 1.96. The van der Waals surface area contributed by atoms with Gasteiger partial charge in [0.2, 0.25) is 10.0 Å². The van der Waals surface area contributed by atoms with Crippen LogP contribution in [0.2, 0.25) is 0 Å². The molecule has 0 spiro atoms. The Morgan fingerprint density at radius 3 is 2.85 bits per heavy atom. The van der Waals surface area contributed by atoms with Gasteiger partial charge in [0, 0.05) is 25.9 Å². The van der Waals surface area contributed by atoms with E-state index in [9.17, 15) is 8.42 Å². The summed E-state index contributed by atoms with van der Waals surface area (Å²) in [6.45, 7) is 2.31. The zero-order chi connectivity index (χ0) is 14.3. The van der Waals surface area contributed by atoms with Crippen LogP contribution in [0.5, 0.6) is 0 Å². The first-order valence-electron chi connectivity index (χ1n) is 6.42. The lowest BCUT2D eigenvalue weighted by molar-refractivity contribution is 0.297. The smallest absolute Gasteiger partial charge is 0.246 e. The molecule has 2 aromatic heterocycles. The van der Waals surface area contributed by atoms with Crippen LogP contribution in [0.3, 0.4) is 0 Å². The van der Waals surface area contributed by atoms with Crippen LogP contribution >= 0.6 is 0 Å². The van der Waals surface area contributed by atoms with Crippen molar-refractivity contribution in [3.63, 3.8) is 0 Å². The van der Waals surface area contributed by atoms with Crippen molar-refractivity contribution in [1.29, 1.82) is 0 Å². The third-order valence-electron chi connectivity index (χ3n) is 3.47. The zero-order valence-corrected chi connectivity index (χ0v) is 12.2. The van der Waals surface area contributed by atoms with Crippen LogP contribution in [0.15, 0.2) is 27.9 Å². The second kappa shape index (κ2) is 4.71. The van der Waals surface area contributed by atoms with Gasteiger partial charge < -0.3 is 4.52 Å². The second-order valence-electron chi connectivity index (χ2n) is 4.99. The lowest BCUT2D eigenvalue weighted by Crippen LogP contribution is -2.30. The Labute approximate surface area is 117 Å². The van der Waals surface area contributed by atoms with Gasteiger partial charge in [-0.1, -0.05) is 5.16 Å². The molecule has 1 fully saturated rings. The van der Waals surface area contributed by atoms with Crippen molar-refractivity contribution in [1.82, 2.24) is 19.2 Å². The summed E-state index contributed by atoms with van der Waals surface area (Å²) in [6, 6.07) is 1.52. The van der Waals surface area contributed by atoms with Crippen molar-refractivity contribution in [3.8, 4) is 0 Å². The van der Waals surface area contributed by atoms with Crippen molar-refractivity contribution < 1.29 is 12.9 Å². The number of aryl methyl sites for hydroxylation is 2. The zero-order valence-electron chi connectivity index (χ0n) is 11.4. The molecular formula is C12H16N4O3S. The average Bonchev–Trinajstić information content (AvgIpc) is 3.07. The minimum absolute atomic E-state index is 0.211. The van der Waals surface area contributed by atoms with Crippen molar-refractivity contribution in [2.45, 2.75) is 30.7 Å². The van der Waals surface area contributed by atoms with Crippen LogP contribution in [0.4, 0.5) is 0 Å². The van der Waals surface area contributed by atoms with E-state index < -0.39 is 10.0 Å². The first kappa shape index (κ1) is 13.3. The van der Waals surface area contributed by atoms with Gasteiger partial charge in [0.15, 0.2) is 5.76 Å². The summed E-state index contributed by atoms with van der Waals surface area (Å²) in [5.41, 5.74) is 0.755. The molecule has 0 unspecified atom stereocenters. The Morgan fingerprint density at radius 2 is 2.25 bits per heavy atom. The number of hydrogen-bond acceptors (Lipinski definition) is 5. The number of sulfonamides is 1. The van der Waals surface area contributed by atoms with Gasteiger partial charge in [0.1, 0.15) is 4.90 Å². The third-order valence-corrected chi connectivity index (χ3v) is 5.33. The standard InChI is InChI=1S/C12H16N4O3S/c1-9-6-12(19-14-9)11-4-3-5-16(11)20(17,18)10-7-13-15(2)8-10/h6-8,11H,3-5H2,1-2H3/t11-/m0/s1. The Hall–Kier alpha value is -1.67. The molecule has 3 heterocycles. The minimum atomic E-state index is -3.54. The minimum Gasteiger partial charge on any atom is -0.359 e. The molecule has 0 N–H and O–H groups in total. The molecular weight excluding hydrogens is 280 g/mol. The quantitative estimate of drug-likeness (QED) is 0.851. The molecule has 1 aliphatic rings. The maximum Gasteiger partial charge on any atom is 0.246 e. The summed E-state index contributed by atoms with van der Waals surface area (Å²) in [6.07, 6.45) is 4.44. The number of hydrogen-bond donors (Lipinski definition) is 0. The molecule has 0 bridgehead atoms. The highest BCUT2D eigenvalue weighted by atomic mass is 32.2. The van der Waals surface area contributed by atoms with Gasteiger partial charge in [0.25, 0.3) is 0 Å². The highest BCUT2D eigenvalue weighted by molar-refractivity contribution is 7.89. The normalized spacial score (nSPS) is 20.6. The number of rotatable bonds is 3. The van der Waals surface area contributed by atoms with Crippen molar-refractivity contribution in [2.75, 3.05) is 6.54 Å². The van der Waals surface area contributed by atoms with E-state index in [2.05, 4.69) is 10.3 Å². The van der Waals surface area contributed by atoms with E-state index in [-0.39, 0.29) is 10.9 Å². The summed E-state index contributed by atoms with van der Waals surface area (Å²) < 4.78 is 33.5. The topological polar surface area (TPSA) is 81.2 Å². The van der Waals surface area contributed by atoms with E-state index in [1.165, 1.54) is 21.4 Å². The van der Waals surface area contributed by atoms with Gasteiger partial charge in [-0.05, 0) is 19.8 Å². The first-order valence-corrected chi connectivity index (χ1v) is 7.86. The number of nitrogens with zero attached hydrogens (tertiary/aromatic N) is 4. The van der Waals surface area contributed by atoms with Gasteiger partial charge in [0.05, 0.1) is 17.9 Å². The van der Waals surface area contributed by atoms with Gasteiger partial charge in [-0.25, -0.2) is 8.42 Å². The maximum atomic E-state index is 12.6. The molecule has 7 nitrogen and oxygen atoms in total. The average molecular weight is 296 g/mol. The Morgan fingerprint density at radius 1 is 1.45 bits per heavy atom. The predicted molar refractivity (Wildman–Crippen MR) is 70.3 cm³/mol. The summed E-state index contributed by atoms with van der Waals surface area (Å²) >= 11 is 0. The van der Waals surface area contributed by atoms with Crippen molar-refractivity contribution in [3.05, 3.63) is 29.9 Å². The van der Waals surface area contributed by atoms with Crippen molar-refractivity contribution in [2.24, 2.45) is 7.05 Å². The molecule has 1 atom stereocenters. The maximum absolute atomic E-state index is 12.6.